The van der Waals surface area contributed by atoms with Gasteiger partial charge < -0.3 is 15.6 Å². The Morgan fingerprint density at radius 2 is 2.50 bits per heavy atom. The van der Waals surface area contributed by atoms with E-state index in [2.05, 4.69) is 20.6 Å². The monoisotopic (exact) mass is 166 g/mol. The van der Waals surface area contributed by atoms with Crippen molar-refractivity contribution in [2.75, 3.05) is 17.2 Å². The van der Waals surface area contributed by atoms with Gasteiger partial charge >= 0.3 is 0 Å². The molecule has 0 amide bonds. The van der Waals surface area contributed by atoms with E-state index in [4.69, 9.17) is 0 Å². The number of nitrogens with zero attached hydrogens (tertiary/aromatic N) is 1. The standard InChI is InChI=1S/C7H10N4O/c1-4-2-8-6-5(11-4)7(12)10-3-9-6/h3-4,11H,2H2,1H3,(H2,8,9,10,12). The summed E-state index contributed by atoms with van der Waals surface area (Å²) in [5.74, 6) is 0.636. The van der Waals surface area contributed by atoms with Crippen LogP contribution in [-0.4, -0.2) is 22.6 Å². The van der Waals surface area contributed by atoms with Gasteiger partial charge in [0.25, 0.3) is 5.56 Å². The maximum atomic E-state index is 11.2. The van der Waals surface area contributed by atoms with Crippen LogP contribution in [0.25, 0.3) is 0 Å². The van der Waals surface area contributed by atoms with Gasteiger partial charge in [-0.2, -0.15) is 0 Å². The number of H-pyrrole nitrogens is 1. The largest absolute Gasteiger partial charge is 0.373 e. The molecule has 1 aromatic rings. The summed E-state index contributed by atoms with van der Waals surface area (Å²) in [7, 11) is 0. The minimum Gasteiger partial charge on any atom is -0.373 e. The highest BCUT2D eigenvalue weighted by Crippen LogP contribution is 2.17. The molecule has 5 heteroatoms. The lowest BCUT2D eigenvalue weighted by Gasteiger charge is -2.23. The van der Waals surface area contributed by atoms with Crippen LogP contribution in [0.3, 0.4) is 0 Å². The van der Waals surface area contributed by atoms with Gasteiger partial charge in [-0.05, 0) is 6.92 Å². The fourth-order valence-electron chi connectivity index (χ4n) is 1.21. The summed E-state index contributed by atoms with van der Waals surface area (Å²) in [5.41, 5.74) is 0.412. The number of aromatic amines is 1. The van der Waals surface area contributed by atoms with Gasteiger partial charge in [0.2, 0.25) is 0 Å². The minimum absolute atomic E-state index is 0.126. The predicted octanol–water partition coefficient (Wildman–Crippen LogP) is -0.00420. The molecule has 1 atom stereocenters. The topological polar surface area (TPSA) is 69.8 Å². The normalized spacial score (nSPS) is 20.6. The van der Waals surface area contributed by atoms with Crippen LogP contribution >= 0.6 is 0 Å². The fourth-order valence-corrected chi connectivity index (χ4v) is 1.21. The molecule has 0 aliphatic carbocycles. The van der Waals surface area contributed by atoms with Crippen LogP contribution < -0.4 is 16.2 Å². The second-order valence-corrected chi connectivity index (χ2v) is 2.88. The molecule has 12 heavy (non-hydrogen) atoms. The van der Waals surface area contributed by atoms with Gasteiger partial charge in [0.15, 0.2) is 5.82 Å². The highest BCUT2D eigenvalue weighted by Gasteiger charge is 2.16. The van der Waals surface area contributed by atoms with Gasteiger partial charge in [-0.3, -0.25) is 4.79 Å². The molecule has 2 rings (SSSR count). The van der Waals surface area contributed by atoms with Crippen LogP contribution in [0.1, 0.15) is 6.92 Å². The zero-order chi connectivity index (χ0) is 8.55. The Kier molecular flexibility index (Phi) is 1.49. The SMILES string of the molecule is CC1CNc2nc[nH]c(=O)c2N1. The van der Waals surface area contributed by atoms with E-state index in [9.17, 15) is 4.79 Å². The highest BCUT2D eigenvalue weighted by molar-refractivity contribution is 5.65. The number of hydrogen-bond acceptors (Lipinski definition) is 4. The summed E-state index contributed by atoms with van der Waals surface area (Å²) in [6, 6.07) is 0.266. The van der Waals surface area contributed by atoms with Crippen molar-refractivity contribution < 1.29 is 0 Å². The van der Waals surface area contributed by atoms with Gasteiger partial charge in [0.1, 0.15) is 5.69 Å². The van der Waals surface area contributed by atoms with Crippen molar-refractivity contribution in [2.24, 2.45) is 0 Å². The Balaban J connectivity index is 2.50. The molecule has 1 aromatic heterocycles. The Labute approximate surface area is 69.2 Å². The van der Waals surface area contributed by atoms with Crippen molar-refractivity contribution in [3.63, 3.8) is 0 Å². The van der Waals surface area contributed by atoms with Gasteiger partial charge in [0, 0.05) is 12.6 Å². The van der Waals surface area contributed by atoms with Crippen LogP contribution in [0.2, 0.25) is 0 Å². The maximum absolute atomic E-state index is 11.2. The molecular formula is C7H10N4O. The summed E-state index contributed by atoms with van der Waals surface area (Å²) >= 11 is 0. The molecule has 64 valence electrons. The number of fused-ring (bicyclic) bond motifs is 1. The second-order valence-electron chi connectivity index (χ2n) is 2.88. The van der Waals surface area contributed by atoms with Gasteiger partial charge in [-0.25, -0.2) is 4.98 Å². The molecule has 0 fully saturated rings. The van der Waals surface area contributed by atoms with E-state index in [1.165, 1.54) is 6.33 Å². The quantitative estimate of drug-likeness (QED) is 0.507. The Bertz CT molecular complexity index is 346. The number of rotatable bonds is 0. The lowest BCUT2D eigenvalue weighted by Crippen LogP contribution is -2.34. The zero-order valence-electron chi connectivity index (χ0n) is 6.72. The van der Waals surface area contributed by atoms with Crippen molar-refractivity contribution in [1.82, 2.24) is 9.97 Å². The molecule has 0 radical (unpaired) electrons. The predicted molar refractivity (Wildman–Crippen MR) is 46.4 cm³/mol. The van der Waals surface area contributed by atoms with Crippen molar-refractivity contribution in [1.29, 1.82) is 0 Å². The second kappa shape index (κ2) is 2.51. The molecule has 0 bridgehead atoms. The maximum Gasteiger partial charge on any atom is 0.276 e. The van der Waals surface area contributed by atoms with E-state index in [0.29, 0.717) is 11.5 Å². The first kappa shape index (κ1) is 7.15. The Hall–Kier alpha value is -1.52. The minimum atomic E-state index is -0.126. The fraction of sp³-hybridized carbons (Fsp3) is 0.429. The van der Waals surface area contributed by atoms with Gasteiger partial charge in [0.05, 0.1) is 6.33 Å². The van der Waals surface area contributed by atoms with Crippen molar-refractivity contribution >= 4 is 11.5 Å². The number of hydrogen-bond donors (Lipinski definition) is 3. The molecule has 3 N–H and O–H groups in total. The lowest BCUT2D eigenvalue weighted by molar-refractivity contribution is 0.802. The molecule has 5 nitrogen and oxygen atoms in total. The average molecular weight is 166 g/mol. The van der Waals surface area contributed by atoms with Crippen LogP contribution in [0.5, 0.6) is 0 Å². The average Bonchev–Trinajstić information content (AvgIpc) is 2.07. The van der Waals surface area contributed by atoms with E-state index < -0.39 is 0 Å². The lowest BCUT2D eigenvalue weighted by atomic mass is 10.2. The molecule has 0 saturated carbocycles. The highest BCUT2D eigenvalue weighted by atomic mass is 16.1. The number of anilines is 2. The summed E-state index contributed by atoms with van der Waals surface area (Å²) in [6.45, 7) is 2.80. The summed E-state index contributed by atoms with van der Waals surface area (Å²) in [4.78, 5) is 17.7. The zero-order valence-corrected chi connectivity index (χ0v) is 6.72. The smallest absolute Gasteiger partial charge is 0.276 e. The summed E-state index contributed by atoms with van der Waals surface area (Å²) < 4.78 is 0. The third-order valence-electron chi connectivity index (χ3n) is 1.82. The third kappa shape index (κ3) is 1.03. The molecule has 1 unspecified atom stereocenters. The molecular weight excluding hydrogens is 156 g/mol. The number of nitrogens with one attached hydrogen (secondary N) is 3. The first-order valence-corrected chi connectivity index (χ1v) is 3.85. The molecule has 1 aliphatic heterocycles. The van der Waals surface area contributed by atoms with E-state index in [-0.39, 0.29) is 11.6 Å². The van der Waals surface area contributed by atoms with Gasteiger partial charge in [-0.15, -0.1) is 0 Å². The van der Waals surface area contributed by atoms with Crippen LogP contribution in [0, 0.1) is 0 Å². The van der Waals surface area contributed by atoms with E-state index >= 15 is 0 Å². The Morgan fingerprint density at radius 1 is 1.67 bits per heavy atom. The van der Waals surface area contributed by atoms with E-state index in [1.807, 2.05) is 6.92 Å². The van der Waals surface area contributed by atoms with Gasteiger partial charge in [-0.1, -0.05) is 0 Å². The van der Waals surface area contributed by atoms with Crippen molar-refractivity contribution in [2.45, 2.75) is 13.0 Å². The van der Waals surface area contributed by atoms with Crippen molar-refractivity contribution in [3.8, 4) is 0 Å². The first-order chi connectivity index (χ1) is 5.77. The first-order valence-electron chi connectivity index (χ1n) is 3.85. The third-order valence-corrected chi connectivity index (χ3v) is 1.82. The van der Waals surface area contributed by atoms with Crippen LogP contribution in [0.4, 0.5) is 11.5 Å². The molecule has 1 aliphatic rings. The van der Waals surface area contributed by atoms with Crippen LogP contribution in [-0.2, 0) is 0 Å². The molecule has 0 aromatic carbocycles. The van der Waals surface area contributed by atoms with Crippen LogP contribution in [0.15, 0.2) is 11.1 Å². The number of aromatic nitrogens is 2. The molecule has 0 saturated heterocycles. The Morgan fingerprint density at radius 3 is 3.33 bits per heavy atom. The van der Waals surface area contributed by atoms with E-state index in [1.54, 1.807) is 0 Å². The van der Waals surface area contributed by atoms with E-state index in [0.717, 1.165) is 6.54 Å². The molecule has 0 spiro atoms. The molecule has 2 heterocycles. The summed E-state index contributed by atoms with van der Waals surface area (Å²) in [6.07, 6.45) is 1.39. The summed E-state index contributed by atoms with van der Waals surface area (Å²) in [5, 5.41) is 6.12. The van der Waals surface area contributed by atoms with Crippen molar-refractivity contribution in [3.05, 3.63) is 16.7 Å².